The largest absolute Gasteiger partial charge is 0.492 e. The van der Waals surface area contributed by atoms with Crippen molar-refractivity contribution in [3.8, 4) is 5.75 Å². The first kappa shape index (κ1) is 15.4. The van der Waals surface area contributed by atoms with Gasteiger partial charge < -0.3 is 14.4 Å². The van der Waals surface area contributed by atoms with Gasteiger partial charge in [-0.15, -0.1) is 0 Å². The van der Waals surface area contributed by atoms with Crippen molar-refractivity contribution >= 4 is 0 Å². The molecule has 2 aliphatic heterocycles. The summed E-state index contributed by atoms with van der Waals surface area (Å²) in [5.41, 5.74) is 0.431. The van der Waals surface area contributed by atoms with Crippen LogP contribution in [-0.4, -0.2) is 49.3 Å². The number of hydrogen-bond donors (Lipinski definition) is 0. The molecular weight excluding hydrogens is 288 g/mol. The van der Waals surface area contributed by atoms with Crippen LogP contribution in [0.4, 0.5) is 0 Å². The SMILES string of the molecule is c1cncc(OC[C@@H]2COCCC23CCN(CC2CC2)CC3)c1. The molecule has 1 aliphatic carbocycles. The Labute approximate surface area is 139 Å². The molecule has 4 heteroatoms. The summed E-state index contributed by atoms with van der Waals surface area (Å²) in [6.07, 6.45) is 10.3. The molecule has 1 spiro atoms. The topological polar surface area (TPSA) is 34.6 Å². The molecule has 3 fully saturated rings. The van der Waals surface area contributed by atoms with Gasteiger partial charge in [0.1, 0.15) is 5.75 Å². The summed E-state index contributed by atoms with van der Waals surface area (Å²) in [6.45, 7) is 6.40. The monoisotopic (exact) mass is 316 g/mol. The van der Waals surface area contributed by atoms with E-state index in [0.29, 0.717) is 11.3 Å². The van der Waals surface area contributed by atoms with Crippen LogP contribution in [0, 0.1) is 17.3 Å². The first-order chi connectivity index (χ1) is 11.3. The maximum absolute atomic E-state index is 6.02. The van der Waals surface area contributed by atoms with E-state index in [0.717, 1.165) is 31.5 Å². The number of rotatable bonds is 5. The zero-order valence-corrected chi connectivity index (χ0v) is 14.0. The third kappa shape index (κ3) is 3.69. The zero-order valence-electron chi connectivity index (χ0n) is 14.0. The number of ether oxygens (including phenoxy) is 2. The van der Waals surface area contributed by atoms with Crippen molar-refractivity contribution in [2.45, 2.75) is 32.1 Å². The minimum atomic E-state index is 0.431. The summed E-state index contributed by atoms with van der Waals surface area (Å²) in [5.74, 6) is 2.39. The normalized spacial score (nSPS) is 27.9. The van der Waals surface area contributed by atoms with Gasteiger partial charge in [0.25, 0.3) is 0 Å². The molecular formula is C19H28N2O2. The van der Waals surface area contributed by atoms with E-state index in [1.165, 1.54) is 51.7 Å². The fourth-order valence-corrected chi connectivity index (χ4v) is 4.24. The summed E-state index contributed by atoms with van der Waals surface area (Å²) in [6, 6.07) is 3.92. The van der Waals surface area contributed by atoms with Crippen molar-refractivity contribution in [3.63, 3.8) is 0 Å². The molecule has 1 aromatic rings. The van der Waals surface area contributed by atoms with Gasteiger partial charge in [-0.1, -0.05) is 0 Å². The average Bonchev–Trinajstić information content (AvgIpc) is 3.41. The molecule has 0 aromatic carbocycles. The fraction of sp³-hybridized carbons (Fsp3) is 0.737. The Kier molecular flexibility index (Phi) is 4.54. The molecule has 0 unspecified atom stereocenters. The van der Waals surface area contributed by atoms with Crippen LogP contribution in [0.1, 0.15) is 32.1 Å². The van der Waals surface area contributed by atoms with Crippen molar-refractivity contribution < 1.29 is 9.47 Å². The lowest BCUT2D eigenvalue weighted by Crippen LogP contribution is -2.50. The molecule has 0 bridgehead atoms. The highest BCUT2D eigenvalue weighted by Crippen LogP contribution is 2.45. The highest BCUT2D eigenvalue weighted by atomic mass is 16.5. The summed E-state index contributed by atoms with van der Waals surface area (Å²) in [5, 5.41) is 0. The number of likely N-dealkylation sites (tertiary alicyclic amines) is 1. The van der Waals surface area contributed by atoms with E-state index in [4.69, 9.17) is 9.47 Å². The second kappa shape index (κ2) is 6.78. The van der Waals surface area contributed by atoms with Gasteiger partial charge in [-0.3, -0.25) is 4.98 Å². The molecule has 2 saturated heterocycles. The van der Waals surface area contributed by atoms with Gasteiger partial charge in [0.15, 0.2) is 0 Å². The third-order valence-corrected chi connectivity index (χ3v) is 6.08. The smallest absolute Gasteiger partial charge is 0.137 e. The highest BCUT2D eigenvalue weighted by Gasteiger charge is 2.44. The second-order valence-corrected chi connectivity index (χ2v) is 7.63. The highest BCUT2D eigenvalue weighted by molar-refractivity contribution is 5.15. The van der Waals surface area contributed by atoms with Gasteiger partial charge in [-0.2, -0.15) is 0 Å². The molecule has 4 rings (SSSR count). The van der Waals surface area contributed by atoms with Gasteiger partial charge in [0, 0.05) is 25.3 Å². The molecule has 3 aliphatic rings. The van der Waals surface area contributed by atoms with Crippen molar-refractivity contribution in [1.29, 1.82) is 0 Å². The van der Waals surface area contributed by atoms with E-state index >= 15 is 0 Å². The van der Waals surface area contributed by atoms with Crippen molar-refractivity contribution in [1.82, 2.24) is 9.88 Å². The molecule has 1 aromatic heterocycles. The number of pyridine rings is 1. The second-order valence-electron chi connectivity index (χ2n) is 7.63. The van der Waals surface area contributed by atoms with Crippen LogP contribution in [0.15, 0.2) is 24.5 Å². The Morgan fingerprint density at radius 3 is 2.87 bits per heavy atom. The molecule has 1 atom stereocenters. The van der Waals surface area contributed by atoms with Crippen LogP contribution in [0.2, 0.25) is 0 Å². The molecule has 0 N–H and O–H groups in total. The number of aromatic nitrogens is 1. The van der Waals surface area contributed by atoms with E-state index in [9.17, 15) is 0 Å². The summed E-state index contributed by atoms with van der Waals surface area (Å²) < 4.78 is 11.8. The van der Waals surface area contributed by atoms with Crippen LogP contribution in [-0.2, 0) is 4.74 Å². The number of nitrogens with zero attached hydrogens (tertiary/aromatic N) is 2. The predicted octanol–water partition coefficient (Wildman–Crippen LogP) is 2.99. The van der Waals surface area contributed by atoms with Crippen LogP contribution < -0.4 is 4.74 Å². The molecule has 126 valence electrons. The lowest BCUT2D eigenvalue weighted by Gasteiger charge is -2.49. The van der Waals surface area contributed by atoms with E-state index in [1.54, 1.807) is 12.4 Å². The Bertz CT molecular complexity index is 495. The lowest BCUT2D eigenvalue weighted by atomic mass is 9.66. The van der Waals surface area contributed by atoms with Crippen LogP contribution in [0.3, 0.4) is 0 Å². The fourth-order valence-electron chi connectivity index (χ4n) is 4.24. The Morgan fingerprint density at radius 1 is 1.26 bits per heavy atom. The third-order valence-electron chi connectivity index (χ3n) is 6.08. The molecule has 1 saturated carbocycles. The van der Waals surface area contributed by atoms with Crippen molar-refractivity contribution in [3.05, 3.63) is 24.5 Å². The molecule has 0 radical (unpaired) electrons. The van der Waals surface area contributed by atoms with Gasteiger partial charge in [0.2, 0.25) is 0 Å². The minimum absolute atomic E-state index is 0.431. The van der Waals surface area contributed by atoms with Crippen molar-refractivity contribution in [2.75, 3.05) is 39.5 Å². The summed E-state index contributed by atoms with van der Waals surface area (Å²) in [7, 11) is 0. The molecule has 4 nitrogen and oxygen atoms in total. The van der Waals surface area contributed by atoms with E-state index in [2.05, 4.69) is 9.88 Å². The van der Waals surface area contributed by atoms with E-state index in [-0.39, 0.29) is 0 Å². The molecule has 23 heavy (non-hydrogen) atoms. The number of hydrogen-bond acceptors (Lipinski definition) is 4. The predicted molar refractivity (Wildman–Crippen MR) is 89.5 cm³/mol. The first-order valence-electron chi connectivity index (χ1n) is 9.17. The van der Waals surface area contributed by atoms with Gasteiger partial charge >= 0.3 is 0 Å². The summed E-state index contributed by atoms with van der Waals surface area (Å²) in [4.78, 5) is 6.82. The van der Waals surface area contributed by atoms with E-state index in [1.807, 2.05) is 12.1 Å². The molecule has 0 amide bonds. The summed E-state index contributed by atoms with van der Waals surface area (Å²) >= 11 is 0. The van der Waals surface area contributed by atoms with E-state index < -0.39 is 0 Å². The van der Waals surface area contributed by atoms with Gasteiger partial charge in [-0.05, 0) is 68.7 Å². The standard InChI is InChI=1S/C19H28N2O2/c1-2-18(12-20-8-1)23-15-17-14-22-11-7-19(17)5-9-21(10-6-19)13-16-3-4-16/h1-2,8,12,16-17H,3-7,9-11,13-15H2/t17-/m0/s1. The Morgan fingerprint density at radius 2 is 2.13 bits per heavy atom. The maximum Gasteiger partial charge on any atom is 0.137 e. The van der Waals surface area contributed by atoms with Crippen LogP contribution in [0.5, 0.6) is 5.75 Å². The number of piperidine rings is 1. The zero-order chi connectivity index (χ0) is 15.5. The minimum Gasteiger partial charge on any atom is -0.492 e. The Balaban J connectivity index is 1.35. The molecule has 3 heterocycles. The maximum atomic E-state index is 6.02. The first-order valence-corrected chi connectivity index (χ1v) is 9.17. The van der Waals surface area contributed by atoms with Gasteiger partial charge in [0.05, 0.1) is 19.4 Å². The lowest BCUT2D eigenvalue weighted by molar-refractivity contribution is -0.0858. The van der Waals surface area contributed by atoms with Crippen molar-refractivity contribution in [2.24, 2.45) is 17.3 Å². The Hall–Kier alpha value is -1.13. The quantitative estimate of drug-likeness (QED) is 0.836. The van der Waals surface area contributed by atoms with Crippen LogP contribution >= 0.6 is 0 Å². The van der Waals surface area contributed by atoms with Crippen LogP contribution in [0.25, 0.3) is 0 Å². The average molecular weight is 316 g/mol. The van der Waals surface area contributed by atoms with Gasteiger partial charge in [-0.25, -0.2) is 0 Å².